The van der Waals surface area contributed by atoms with E-state index in [1.807, 2.05) is 39.9 Å². The van der Waals surface area contributed by atoms with Crippen molar-refractivity contribution in [2.45, 2.75) is 23.6 Å². The van der Waals surface area contributed by atoms with Gasteiger partial charge >= 0.3 is 0 Å². The number of nitrogens with one attached hydrogen (secondary N) is 1. The summed E-state index contributed by atoms with van der Waals surface area (Å²) in [7, 11) is 0. The van der Waals surface area contributed by atoms with E-state index in [2.05, 4.69) is 23.2 Å². The number of benzene rings is 2. The van der Waals surface area contributed by atoms with E-state index < -0.39 is 0 Å². The molecule has 3 aromatic rings. The largest absolute Gasteiger partial charge is 0.378 e. The monoisotopic (exact) mass is 459 g/mol. The number of carbonyl (C=O) groups excluding carboxylic acids is 1. The van der Waals surface area contributed by atoms with Gasteiger partial charge in [0.05, 0.1) is 31.1 Å². The maximum Gasteiger partial charge on any atom is 0.274 e. The quantitative estimate of drug-likeness (QED) is 0.559. The van der Waals surface area contributed by atoms with Crippen LogP contribution >= 0.6 is 11.8 Å². The van der Waals surface area contributed by atoms with Gasteiger partial charge in [0.15, 0.2) is 5.69 Å². The Morgan fingerprint density at radius 3 is 2.88 bits per heavy atom. The highest BCUT2D eigenvalue weighted by Gasteiger charge is 2.31. The van der Waals surface area contributed by atoms with Gasteiger partial charge in [-0.3, -0.25) is 9.79 Å². The first-order valence-electron chi connectivity index (χ1n) is 11.0. The molecule has 0 atom stereocenters. The van der Waals surface area contributed by atoms with Gasteiger partial charge in [0.2, 0.25) is 0 Å². The molecule has 0 bridgehead atoms. The van der Waals surface area contributed by atoms with Crippen molar-refractivity contribution >= 4 is 30.1 Å². The van der Waals surface area contributed by atoms with E-state index in [-0.39, 0.29) is 5.91 Å². The second-order valence-electron chi connectivity index (χ2n) is 7.91. The van der Waals surface area contributed by atoms with Crippen molar-refractivity contribution in [2.75, 3.05) is 26.3 Å². The first-order chi connectivity index (χ1) is 16.3. The summed E-state index contributed by atoms with van der Waals surface area (Å²) < 4.78 is 7.36. The summed E-state index contributed by atoms with van der Waals surface area (Å²) in [6.45, 7) is 2.84. The van der Waals surface area contributed by atoms with Crippen molar-refractivity contribution < 1.29 is 9.53 Å². The second-order valence-corrected chi connectivity index (χ2v) is 8.93. The number of fused-ring (bicyclic) bond motifs is 3. The minimum absolute atomic E-state index is 0.0271. The molecule has 0 saturated carbocycles. The number of morpholine rings is 1. The fourth-order valence-corrected chi connectivity index (χ4v) is 5.23. The first-order valence-corrected chi connectivity index (χ1v) is 12.0. The van der Waals surface area contributed by atoms with Gasteiger partial charge in [0.1, 0.15) is 0 Å². The van der Waals surface area contributed by atoms with E-state index in [9.17, 15) is 4.79 Å². The molecule has 7 nitrogen and oxygen atoms in total. The number of amides is 1. The molecule has 1 amide bonds. The third-order valence-corrected chi connectivity index (χ3v) is 6.88. The minimum atomic E-state index is -0.0271. The Kier molecular flexibility index (Phi) is 6.37. The number of aromatic nitrogens is 2. The summed E-state index contributed by atoms with van der Waals surface area (Å²) in [5.41, 5.74) is 5.58. The van der Waals surface area contributed by atoms with Crippen LogP contribution in [0.1, 0.15) is 28.0 Å². The predicted octanol–water partition coefficient (Wildman–Crippen LogP) is 4.23. The number of nitrogens with zero attached hydrogens (tertiary/aromatic N) is 4. The number of thioether (sulfide) groups is 1. The van der Waals surface area contributed by atoms with Crippen molar-refractivity contribution in [1.82, 2.24) is 14.7 Å². The summed E-state index contributed by atoms with van der Waals surface area (Å²) in [5.74, 6) is 0.687. The number of carbonyl (C=O) groups is 1. The van der Waals surface area contributed by atoms with Crippen molar-refractivity contribution in [3.63, 3.8) is 0 Å². The van der Waals surface area contributed by atoms with Gasteiger partial charge in [-0.2, -0.15) is 5.10 Å². The van der Waals surface area contributed by atoms with Gasteiger partial charge in [-0.15, -0.1) is 11.8 Å². The van der Waals surface area contributed by atoms with Crippen LogP contribution < -0.4 is 0 Å². The Morgan fingerprint density at radius 1 is 1.18 bits per heavy atom. The van der Waals surface area contributed by atoms with Crippen LogP contribution in [0.2, 0.25) is 0 Å². The Morgan fingerprint density at radius 2 is 2.03 bits per heavy atom. The summed E-state index contributed by atoms with van der Waals surface area (Å²) in [6.07, 6.45) is 3.62. The lowest BCUT2D eigenvalue weighted by atomic mass is 10.0. The van der Waals surface area contributed by atoms with Crippen LogP contribution in [0.15, 0.2) is 58.4 Å². The van der Waals surface area contributed by atoms with E-state index in [0.717, 1.165) is 28.1 Å². The number of hydrogen-bond acceptors (Lipinski definition) is 6. The highest BCUT2D eigenvalue weighted by Crippen LogP contribution is 2.43. The van der Waals surface area contributed by atoms with E-state index in [1.54, 1.807) is 18.0 Å². The predicted molar refractivity (Wildman–Crippen MR) is 131 cm³/mol. The van der Waals surface area contributed by atoms with Gasteiger partial charge in [-0.05, 0) is 23.8 Å². The minimum Gasteiger partial charge on any atom is -0.378 e. The average molecular weight is 460 g/mol. The Bertz CT molecular complexity index is 1210. The molecule has 0 unspecified atom stereocenters. The zero-order valence-electron chi connectivity index (χ0n) is 18.2. The Balaban J connectivity index is 1.59. The fourth-order valence-electron chi connectivity index (χ4n) is 4.16. The fraction of sp³-hybridized carbons (Fsp3) is 0.280. The highest BCUT2D eigenvalue weighted by atomic mass is 32.2. The van der Waals surface area contributed by atoms with Crippen molar-refractivity contribution in [1.29, 1.82) is 5.41 Å². The third-order valence-electron chi connectivity index (χ3n) is 5.78. The maximum absolute atomic E-state index is 13.4. The van der Waals surface area contributed by atoms with Gasteiger partial charge in [0, 0.05) is 53.7 Å². The number of aliphatic imine (C=N–C) groups is 1. The molecule has 33 heavy (non-hydrogen) atoms. The first kappa shape index (κ1) is 21.6. The Hall–Kier alpha value is -3.23. The molecule has 0 aliphatic carbocycles. The molecule has 1 fully saturated rings. The number of ether oxygens (including phenoxy) is 1. The molecule has 1 N–H and O–H groups in total. The van der Waals surface area contributed by atoms with E-state index in [4.69, 9.17) is 15.2 Å². The second kappa shape index (κ2) is 9.72. The SMILES string of the molecule is N=CCC=NCc1cccc(-n2nc(C(=O)N3CCOCC3)c3c2-c2ccccc2SC3)c1. The van der Waals surface area contributed by atoms with Crippen molar-refractivity contribution in [3.05, 3.63) is 65.4 Å². The maximum atomic E-state index is 13.4. The van der Waals surface area contributed by atoms with Crippen LogP contribution in [0.4, 0.5) is 0 Å². The molecule has 8 heteroatoms. The summed E-state index contributed by atoms with van der Waals surface area (Å²) in [6, 6.07) is 16.4. The number of hydrogen-bond donors (Lipinski definition) is 1. The van der Waals surface area contributed by atoms with Gasteiger partial charge in [-0.25, -0.2) is 4.68 Å². The summed E-state index contributed by atoms with van der Waals surface area (Å²) >= 11 is 1.75. The van der Waals surface area contributed by atoms with Gasteiger partial charge in [0.25, 0.3) is 5.91 Å². The third kappa shape index (κ3) is 4.36. The molecule has 2 aliphatic rings. The van der Waals surface area contributed by atoms with Crippen LogP contribution in [0.5, 0.6) is 0 Å². The Labute approximate surface area is 197 Å². The zero-order chi connectivity index (χ0) is 22.6. The van der Waals surface area contributed by atoms with Crippen LogP contribution in [0.3, 0.4) is 0 Å². The normalized spacial score (nSPS) is 15.3. The molecule has 1 aromatic heterocycles. The van der Waals surface area contributed by atoms with Crippen molar-refractivity contribution in [2.24, 2.45) is 4.99 Å². The van der Waals surface area contributed by atoms with Crippen LogP contribution in [-0.2, 0) is 17.0 Å². The molecule has 2 aromatic carbocycles. The molecular weight excluding hydrogens is 434 g/mol. The van der Waals surface area contributed by atoms with E-state index in [1.165, 1.54) is 11.1 Å². The lowest BCUT2D eigenvalue weighted by molar-refractivity contribution is 0.0298. The van der Waals surface area contributed by atoms with Gasteiger partial charge in [-0.1, -0.05) is 30.3 Å². The zero-order valence-corrected chi connectivity index (χ0v) is 19.1. The van der Waals surface area contributed by atoms with Gasteiger partial charge < -0.3 is 15.0 Å². The highest BCUT2D eigenvalue weighted by molar-refractivity contribution is 7.98. The van der Waals surface area contributed by atoms with E-state index in [0.29, 0.717) is 50.7 Å². The topological polar surface area (TPSA) is 83.6 Å². The summed E-state index contributed by atoms with van der Waals surface area (Å²) in [4.78, 5) is 20.9. The molecule has 0 radical (unpaired) electrons. The van der Waals surface area contributed by atoms with Crippen LogP contribution in [0, 0.1) is 5.41 Å². The number of rotatable bonds is 6. The molecule has 3 heterocycles. The molecule has 0 spiro atoms. The lowest BCUT2D eigenvalue weighted by Gasteiger charge is -2.26. The lowest BCUT2D eigenvalue weighted by Crippen LogP contribution is -2.41. The molecular formula is C25H25N5O2S. The molecule has 168 valence electrons. The van der Waals surface area contributed by atoms with Crippen molar-refractivity contribution in [3.8, 4) is 16.9 Å². The van der Waals surface area contributed by atoms with E-state index >= 15 is 0 Å². The molecule has 1 saturated heterocycles. The average Bonchev–Trinajstić information content (AvgIpc) is 3.27. The molecule has 2 aliphatic heterocycles. The molecule has 5 rings (SSSR count). The summed E-state index contributed by atoms with van der Waals surface area (Å²) in [5, 5.41) is 12.0. The smallest absolute Gasteiger partial charge is 0.274 e. The van der Waals surface area contributed by atoms with Crippen LogP contribution in [-0.4, -0.2) is 59.3 Å². The van der Waals surface area contributed by atoms with Crippen LogP contribution in [0.25, 0.3) is 16.9 Å². The standard InChI is InChI=1S/C25H25N5O2S/c26-9-4-10-27-16-18-5-3-6-19(15-18)30-24-20-7-1-2-8-22(20)33-17-21(24)23(28-30)25(31)29-11-13-32-14-12-29/h1-3,5-10,15,26H,4,11-14,16-17H2.